The van der Waals surface area contributed by atoms with Crippen molar-refractivity contribution in [3.8, 4) is 0 Å². The van der Waals surface area contributed by atoms with Crippen LogP contribution in [0.2, 0.25) is 0 Å². The van der Waals surface area contributed by atoms with Gasteiger partial charge in [0.15, 0.2) is 0 Å². The zero-order valence-electron chi connectivity index (χ0n) is 8.23. The van der Waals surface area contributed by atoms with E-state index < -0.39 is 0 Å². The van der Waals surface area contributed by atoms with E-state index in [0.717, 1.165) is 31.4 Å². The van der Waals surface area contributed by atoms with Crippen molar-refractivity contribution in [2.45, 2.75) is 18.3 Å². The molecule has 0 radical (unpaired) electrons. The molecule has 14 heavy (non-hydrogen) atoms. The van der Waals surface area contributed by atoms with Crippen molar-refractivity contribution in [3.05, 3.63) is 24.3 Å². The van der Waals surface area contributed by atoms with Gasteiger partial charge in [0.1, 0.15) is 5.82 Å². The Kier molecular flexibility index (Phi) is 3.13. The molecule has 0 saturated carbocycles. The summed E-state index contributed by atoms with van der Waals surface area (Å²) in [6.45, 7) is 5.37. The minimum Gasteiger partial charge on any atom is -0.295 e. The first-order valence-electron chi connectivity index (χ1n) is 4.88. The lowest BCUT2D eigenvalue weighted by atomic mass is 10.2. The molecule has 0 N–H and O–H groups in total. The average Bonchev–Trinajstić information content (AvgIpc) is 2.47. The van der Waals surface area contributed by atoms with E-state index in [1.165, 1.54) is 0 Å². The maximum Gasteiger partial charge on any atom is 0.142 e. The second kappa shape index (κ2) is 4.36. The Hall–Kier alpha value is -0.480. The molecule has 1 aromatic rings. The van der Waals surface area contributed by atoms with E-state index in [4.69, 9.17) is 0 Å². The van der Waals surface area contributed by atoms with Crippen LogP contribution >= 0.6 is 15.9 Å². The summed E-state index contributed by atoms with van der Waals surface area (Å²) < 4.78 is 0. The van der Waals surface area contributed by atoms with E-state index in [9.17, 15) is 0 Å². The van der Waals surface area contributed by atoms with Gasteiger partial charge in [-0.25, -0.2) is 9.97 Å². The van der Waals surface area contributed by atoms with Crippen molar-refractivity contribution < 1.29 is 0 Å². The van der Waals surface area contributed by atoms with Gasteiger partial charge in [-0.3, -0.25) is 4.90 Å². The molecule has 0 spiro atoms. The molecule has 1 aliphatic rings. The van der Waals surface area contributed by atoms with Crippen LogP contribution in [0.3, 0.4) is 0 Å². The van der Waals surface area contributed by atoms with Crippen LogP contribution in [-0.2, 0) is 6.54 Å². The third-order valence-corrected chi connectivity index (χ3v) is 3.77. The lowest BCUT2D eigenvalue weighted by Gasteiger charge is -2.13. The van der Waals surface area contributed by atoms with Gasteiger partial charge < -0.3 is 0 Å². The molecule has 1 fully saturated rings. The minimum atomic E-state index is 0.617. The number of likely N-dealkylation sites (tertiary alicyclic amines) is 1. The maximum absolute atomic E-state index is 4.22. The summed E-state index contributed by atoms with van der Waals surface area (Å²) in [5.74, 6) is 1.64. The summed E-state index contributed by atoms with van der Waals surface area (Å²) in [4.78, 5) is 11.5. The second-order valence-electron chi connectivity index (χ2n) is 3.85. The molecule has 3 nitrogen and oxygen atoms in total. The molecular formula is C10H14BrN3. The van der Waals surface area contributed by atoms with Gasteiger partial charge in [-0.2, -0.15) is 0 Å². The first-order valence-corrected chi connectivity index (χ1v) is 5.79. The third kappa shape index (κ3) is 2.30. The fourth-order valence-corrected chi connectivity index (χ4v) is 2.34. The summed E-state index contributed by atoms with van der Waals surface area (Å²) in [6.07, 6.45) is 3.60. The Morgan fingerprint density at radius 3 is 2.71 bits per heavy atom. The van der Waals surface area contributed by atoms with Crippen LogP contribution in [-0.4, -0.2) is 32.8 Å². The smallest absolute Gasteiger partial charge is 0.142 e. The molecule has 0 aliphatic carbocycles. The number of rotatable bonds is 2. The fourth-order valence-electron chi connectivity index (χ4n) is 1.76. The number of hydrogen-bond acceptors (Lipinski definition) is 3. The van der Waals surface area contributed by atoms with E-state index in [-0.39, 0.29) is 0 Å². The van der Waals surface area contributed by atoms with Gasteiger partial charge in [0.05, 0.1) is 6.54 Å². The molecule has 1 saturated heterocycles. The van der Waals surface area contributed by atoms with E-state index in [0.29, 0.717) is 4.83 Å². The summed E-state index contributed by atoms with van der Waals surface area (Å²) >= 11 is 3.67. The third-order valence-electron chi connectivity index (χ3n) is 2.58. The normalized spacial score (nSPS) is 28.1. The molecule has 1 aliphatic heterocycles. The fraction of sp³-hybridized carbons (Fsp3) is 0.600. The number of halogens is 1. The second-order valence-corrected chi connectivity index (χ2v) is 5.03. The van der Waals surface area contributed by atoms with Crippen molar-refractivity contribution >= 4 is 15.9 Å². The molecule has 0 amide bonds. The average molecular weight is 256 g/mol. The van der Waals surface area contributed by atoms with Gasteiger partial charge in [0.25, 0.3) is 0 Å². The molecule has 4 heteroatoms. The van der Waals surface area contributed by atoms with Crippen molar-refractivity contribution in [2.24, 2.45) is 5.92 Å². The first kappa shape index (κ1) is 10.1. The Labute approximate surface area is 92.7 Å². The Morgan fingerprint density at radius 1 is 1.43 bits per heavy atom. The lowest BCUT2D eigenvalue weighted by molar-refractivity contribution is 0.312. The monoisotopic (exact) mass is 255 g/mol. The number of nitrogens with zero attached hydrogens (tertiary/aromatic N) is 3. The predicted molar refractivity (Wildman–Crippen MR) is 59.2 cm³/mol. The summed E-state index contributed by atoms with van der Waals surface area (Å²) in [5, 5.41) is 0. The van der Waals surface area contributed by atoms with E-state index in [1.54, 1.807) is 12.4 Å². The Morgan fingerprint density at radius 2 is 2.14 bits per heavy atom. The standard InChI is InChI=1S/C10H14BrN3/c1-8-5-14(6-9(8)11)7-10-12-3-2-4-13-10/h2-4,8-9H,5-7H2,1H3. The van der Waals surface area contributed by atoms with Crippen molar-refractivity contribution in [2.75, 3.05) is 13.1 Å². The van der Waals surface area contributed by atoms with Crippen LogP contribution in [0.15, 0.2) is 18.5 Å². The highest BCUT2D eigenvalue weighted by Gasteiger charge is 2.27. The van der Waals surface area contributed by atoms with Crippen LogP contribution in [0, 0.1) is 5.92 Å². The molecule has 76 valence electrons. The number of alkyl halides is 1. The van der Waals surface area contributed by atoms with Gasteiger partial charge in [-0.15, -0.1) is 0 Å². The minimum absolute atomic E-state index is 0.617. The van der Waals surface area contributed by atoms with Crippen LogP contribution < -0.4 is 0 Å². The highest BCUT2D eigenvalue weighted by molar-refractivity contribution is 9.09. The first-order chi connectivity index (χ1) is 6.75. The molecule has 2 rings (SSSR count). The topological polar surface area (TPSA) is 29.0 Å². The Bertz CT molecular complexity index is 281. The number of hydrogen-bond donors (Lipinski definition) is 0. The Balaban J connectivity index is 1.94. The molecule has 0 aromatic carbocycles. The molecular weight excluding hydrogens is 242 g/mol. The van der Waals surface area contributed by atoms with Crippen LogP contribution in [0.1, 0.15) is 12.7 Å². The van der Waals surface area contributed by atoms with Crippen LogP contribution in [0.5, 0.6) is 0 Å². The van der Waals surface area contributed by atoms with E-state index >= 15 is 0 Å². The summed E-state index contributed by atoms with van der Waals surface area (Å²) in [6, 6.07) is 1.85. The molecule has 2 atom stereocenters. The highest BCUT2D eigenvalue weighted by atomic mass is 79.9. The summed E-state index contributed by atoms with van der Waals surface area (Å²) in [5.41, 5.74) is 0. The predicted octanol–water partition coefficient (Wildman–Crippen LogP) is 1.69. The number of aromatic nitrogens is 2. The van der Waals surface area contributed by atoms with E-state index in [2.05, 4.69) is 37.7 Å². The molecule has 2 unspecified atom stereocenters. The molecule has 0 bridgehead atoms. The van der Waals surface area contributed by atoms with Crippen LogP contribution in [0.4, 0.5) is 0 Å². The van der Waals surface area contributed by atoms with Gasteiger partial charge in [0.2, 0.25) is 0 Å². The van der Waals surface area contributed by atoms with Gasteiger partial charge in [-0.05, 0) is 12.0 Å². The highest BCUT2D eigenvalue weighted by Crippen LogP contribution is 2.23. The largest absolute Gasteiger partial charge is 0.295 e. The molecule has 2 heterocycles. The lowest BCUT2D eigenvalue weighted by Crippen LogP contribution is -2.21. The quantitative estimate of drug-likeness (QED) is 0.754. The van der Waals surface area contributed by atoms with Crippen molar-refractivity contribution in [1.82, 2.24) is 14.9 Å². The van der Waals surface area contributed by atoms with Crippen molar-refractivity contribution in [1.29, 1.82) is 0 Å². The zero-order valence-corrected chi connectivity index (χ0v) is 9.81. The van der Waals surface area contributed by atoms with Gasteiger partial charge in [-0.1, -0.05) is 22.9 Å². The van der Waals surface area contributed by atoms with Gasteiger partial charge in [0, 0.05) is 30.3 Å². The van der Waals surface area contributed by atoms with E-state index in [1.807, 2.05) is 6.07 Å². The zero-order chi connectivity index (χ0) is 9.97. The summed E-state index contributed by atoms with van der Waals surface area (Å²) in [7, 11) is 0. The SMILES string of the molecule is CC1CN(Cc2ncccn2)CC1Br. The van der Waals surface area contributed by atoms with Gasteiger partial charge >= 0.3 is 0 Å². The molecule has 1 aromatic heterocycles. The maximum atomic E-state index is 4.22. The van der Waals surface area contributed by atoms with Crippen LogP contribution in [0.25, 0.3) is 0 Å². The van der Waals surface area contributed by atoms with Crippen molar-refractivity contribution in [3.63, 3.8) is 0 Å².